The van der Waals surface area contributed by atoms with Gasteiger partial charge in [0, 0.05) is 12.7 Å². The summed E-state index contributed by atoms with van der Waals surface area (Å²) in [6, 6.07) is 0. The maximum atomic E-state index is 11.7. The van der Waals surface area contributed by atoms with E-state index in [1.807, 2.05) is 30.2 Å². The summed E-state index contributed by atoms with van der Waals surface area (Å²) in [6.45, 7) is 3.54. The Kier molecular flexibility index (Phi) is 3.05. The Morgan fingerprint density at radius 3 is 3.12 bits per heavy atom. The van der Waals surface area contributed by atoms with Crippen LogP contribution in [0.15, 0.2) is 29.0 Å². The van der Waals surface area contributed by atoms with E-state index in [0.29, 0.717) is 19.6 Å². The predicted molar refractivity (Wildman–Crippen MR) is 62.4 cm³/mol. The third-order valence-corrected chi connectivity index (χ3v) is 2.62. The van der Waals surface area contributed by atoms with Crippen LogP contribution in [0.5, 0.6) is 0 Å². The third kappa shape index (κ3) is 1.99. The number of hydrazone groups is 1. The lowest BCUT2D eigenvalue weighted by atomic mass is 10.2. The van der Waals surface area contributed by atoms with Crippen molar-refractivity contribution < 1.29 is 4.79 Å². The first-order chi connectivity index (χ1) is 7.72. The first kappa shape index (κ1) is 10.9. The number of nitrogens with zero attached hydrogens (tertiary/aromatic N) is 3. The summed E-state index contributed by atoms with van der Waals surface area (Å²) in [6.07, 6.45) is 6.58. The van der Waals surface area contributed by atoms with Gasteiger partial charge < -0.3 is 10.6 Å². The van der Waals surface area contributed by atoms with E-state index >= 15 is 0 Å². The second-order valence-electron chi connectivity index (χ2n) is 3.90. The number of amides is 1. The maximum absolute atomic E-state index is 11.7. The Labute approximate surface area is 94.9 Å². The van der Waals surface area contributed by atoms with E-state index in [9.17, 15) is 4.79 Å². The fourth-order valence-electron chi connectivity index (χ4n) is 1.74. The van der Waals surface area contributed by atoms with E-state index in [1.165, 1.54) is 5.01 Å². The minimum absolute atomic E-state index is 0.0246. The smallest absolute Gasteiger partial charge is 0.262 e. The molecule has 0 saturated carbocycles. The molecule has 0 spiro atoms. The average molecular weight is 220 g/mol. The highest BCUT2D eigenvalue weighted by Crippen LogP contribution is 2.16. The molecule has 2 aliphatic rings. The van der Waals surface area contributed by atoms with Crippen LogP contribution >= 0.6 is 0 Å². The van der Waals surface area contributed by atoms with Gasteiger partial charge in [0.15, 0.2) is 5.84 Å². The molecule has 0 aromatic carbocycles. The molecule has 0 saturated heterocycles. The zero-order valence-corrected chi connectivity index (χ0v) is 9.39. The monoisotopic (exact) mass is 220 g/mol. The molecule has 2 aliphatic heterocycles. The lowest BCUT2D eigenvalue weighted by Crippen LogP contribution is -2.46. The maximum Gasteiger partial charge on any atom is 0.262 e. The molecular formula is C11H16N4O. The summed E-state index contributed by atoms with van der Waals surface area (Å²) in [5.74, 6) is 0.885. The van der Waals surface area contributed by atoms with E-state index in [0.717, 1.165) is 17.8 Å². The molecule has 0 radical (unpaired) electrons. The Hall–Kier alpha value is -1.62. The Bertz CT molecular complexity index is 383. The molecule has 1 amide bonds. The van der Waals surface area contributed by atoms with Crippen molar-refractivity contribution in [3.63, 3.8) is 0 Å². The topological polar surface area (TPSA) is 61.9 Å². The van der Waals surface area contributed by atoms with Crippen LogP contribution in [0, 0.1) is 0 Å². The van der Waals surface area contributed by atoms with Crippen molar-refractivity contribution >= 4 is 11.7 Å². The summed E-state index contributed by atoms with van der Waals surface area (Å²) < 4.78 is 0. The molecule has 0 atom stereocenters. The van der Waals surface area contributed by atoms with Crippen LogP contribution in [-0.2, 0) is 4.79 Å². The summed E-state index contributed by atoms with van der Waals surface area (Å²) >= 11 is 0. The van der Waals surface area contributed by atoms with Crippen LogP contribution in [0.4, 0.5) is 0 Å². The van der Waals surface area contributed by atoms with Crippen molar-refractivity contribution in [1.29, 1.82) is 0 Å². The number of allylic oxidation sites excluding steroid dienone is 2. The van der Waals surface area contributed by atoms with E-state index < -0.39 is 0 Å². The highest BCUT2D eigenvalue weighted by atomic mass is 16.2. The number of carbonyl (C=O) groups is 1. The van der Waals surface area contributed by atoms with Crippen LogP contribution in [0.2, 0.25) is 0 Å². The fourth-order valence-corrected chi connectivity index (χ4v) is 1.74. The Morgan fingerprint density at radius 1 is 1.56 bits per heavy atom. The normalized spacial score (nSPS) is 19.5. The largest absolute Gasteiger partial charge is 0.330 e. The number of hydrogen-bond donors (Lipinski definition) is 1. The molecule has 0 aliphatic carbocycles. The quantitative estimate of drug-likeness (QED) is 0.742. The number of fused-ring (bicyclic) bond motifs is 1. The zero-order valence-electron chi connectivity index (χ0n) is 9.39. The number of hydrogen-bond acceptors (Lipinski definition) is 4. The molecule has 0 aromatic heterocycles. The molecule has 0 aromatic rings. The molecule has 0 bridgehead atoms. The molecule has 0 fully saturated rings. The predicted octanol–water partition coefficient (Wildman–Crippen LogP) is 0.267. The summed E-state index contributed by atoms with van der Waals surface area (Å²) in [5, 5.41) is 5.88. The molecule has 2 rings (SSSR count). The van der Waals surface area contributed by atoms with Gasteiger partial charge in [0.1, 0.15) is 6.54 Å². The standard InChI is InChI=1S/C11H16N4O/c1-9-4-2-6-14-8-10(16)15(7-3-5-12)13-11(9)14/h2,4,6H,3,5,7-8,12H2,1H3. The first-order valence-electron chi connectivity index (χ1n) is 5.43. The van der Waals surface area contributed by atoms with Crippen LogP contribution in [-0.4, -0.2) is 41.3 Å². The molecule has 2 N–H and O–H groups in total. The number of carbonyl (C=O) groups excluding carboxylic acids is 1. The van der Waals surface area contributed by atoms with Gasteiger partial charge in [-0.1, -0.05) is 6.08 Å². The van der Waals surface area contributed by atoms with E-state index in [1.54, 1.807) is 0 Å². The molecule has 2 heterocycles. The highest BCUT2D eigenvalue weighted by molar-refractivity contribution is 6.03. The molecular weight excluding hydrogens is 204 g/mol. The van der Waals surface area contributed by atoms with Gasteiger partial charge in [-0.15, -0.1) is 0 Å². The van der Waals surface area contributed by atoms with Crippen LogP contribution < -0.4 is 5.73 Å². The number of nitrogens with two attached hydrogens (primary N) is 1. The Balaban J connectivity index is 2.18. The highest BCUT2D eigenvalue weighted by Gasteiger charge is 2.26. The van der Waals surface area contributed by atoms with Crippen LogP contribution in [0.1, 0.15) is 13.3 Å². The first-order valence-corrected chi connectivity index (χ1v) is 5.43. The minimum atomic E-state index is 0.0246. The van der Waals surface area contributed by atoms with Gasteiger partial charge >= 0.3 is 0 Å². The van der Waals surface area contributed by atoms with Crippen LogP contribution in [0.25, 0.3) is 0 Å². The Morgan fingerprint density at radius 2 is 2.38 bits per heavy atom. The van der Waals surface area contributed by atoms with Crippen molar-refractivity contribution in [2.45, 2.75) is 13.3 Å². The minimum Gasteiger partial charge on any atom is -0.330 e. The van der Waals surface area contributed by atoms with Crippen molar-refractivity contribution in [2.75, 3.05) is 19.6 Å². The van der Waals surface area contributed by atoms with Crippen molar-refractivity contribution in [3.8, 4) is 0 Å². The molecule has 5 heteroatoms. The zero-order chi connectivity index (χ0) is 11.5. The molecule has 16 heavy (non-hydrogen) atoms. The number of amidine groups is 1. The third-order valence-electron chi connectivity index (χ3n) is 2.62. The van der Waals surface area contributed by atoms with Gasteiger partial charge in [0.25, 0.3) is 5.91 Å². The summed E-state index contributed by atoms with van der Waals surface area (Å²) in [7, 11) is 0. The summed E-state index contributed by atoms with van der Waals surface area (Å²) in [4.78, 5) is 13.6. The SMILES string of the molecule is CC1=CC=CN2CC(=O)N(CCCN)N=C12. The lowest BCUT2D eigenvalue weighted by Gasteiger charge is -2.32. The average Bonchev–Trinajstić information content (AvgIpc) is 2.27. The van der Waals surface area contributed by atoms with E-state index in [-0.39, 0.29) is 5.91 Å². The van der Waals surface area contributed by atoms with Gasteiger partial charge in [0.2, 0.25) is 0 Å². The molecule has 5 nitrogen and oxygen atoms in total. The van der Waals surface area contributed by atoms with Crippen molar-refractivity contribution in [3.05, 3.63) is 23.9 Å². The molecule has 0 unspecified atom stereocenters. The summed E-state index contributed by atoms with van der Waals surface area (Å²) in [5.41, 5.74) is 6.51. The molecule has 86 valence electrons. The second kappa shape index (κ2) is 4.49. The van der Waals surface area contributed by atoms with Gasteiger partial charge in [-0.3, -0.25) is 4.79 Å². The fraction of sp³-hybridized carbons (Fsp3) is 0.455. The van der Waals surface area contributed by atoms with Gasteiger partial charge in [-0.05, 0) is 31.5 Å². The van der Waals surface area contributed by atoms with Gasteiger partial charge in [-0.25, -0.2) is 5.01 Å². The van der Waals surface area contributed by atoms with Gasteiger partial charge in [0.05, 0.1) is 0 Å². The van der Waals surface area contributed by atoms with Gasteiger partial charge in [-0.2, -0.15) is 5.10 Å². The van der Waals surface area contributed by atoms with Crippen molar-refractivity contribution in [1.82, 2.24) is 9.91 Å². The van der Waals surface area contributed by atoms with Crippen molar-refractivity contribution in [2.24, 2.45) is 10.8 Å². The number of rotatable bonds is 3. The second-order valence-corrected chi connectivity index (χ2v) is 3.90. The van der Waals surface area contributed by atoms with E-state index in [4.69, 9.17) is 5.73 Å². The lowest BCUT2D eigenvalue weighted by molar-refractivity contribution is -0.132. The van der Waals surface area contributed by atoms with E-state index in [2.05, 4.69) is 5.10 Å². The van der Waals surface area contributed by atoms with Crippen LogP contribution in [0.3, 0.4) is 0 Å².